The number of hydrazone groups is 1. The Bertz CT molecular complexity index is 1410. The highest BCUT2D eigenvalue weighted by molar-refractivity contribution is 6.33. The molecule has 12 heteroatoms. The Balaban J connectivity index is 1.44. The molecule has 3 rings (SSSR count). The Morgan fingerprint density at radius 1 is 0.878 bits per heavy atom. The topological polar surface area (TPSA) is 144 Å². The first-order valence-corrected chi connectivity index (χ1v) is 12.9. The van der Waals surface area contributed by atoms with Crippen LogP contribution >= 0.6 is 11.6 Å². The van der Waals surface area contributed by atoms with E-state index in [9.17, 15) is 19.2 Å². The first-order valence-electron chi connectivity index (χ1n) is 12.5. The second kappa shape index (κ2) is 15.6. The Labute approximate surface area is 241 Å². The molecule has 11 nitrogen and oxygen atoms in total. The van der Waals surface area contributed by atoms with Gasteiger partial charge in [0, 0.05) is 18.5 Å². The molecule has 0 saturated carbocycles. The second-order valence-electron chi connectivity index (χ2n) is 8.37. The van der Waals surface area contributed by atoms with Crippen molar-refractivity contribution < 1.29 is 33.4 Å². The maximum atomic E-state index is 12.3. The molecule has 0 heterocycles. The third-order valence-electron chi connectivity index (χ3n) is 5.36. The molecule has 3 amide bonds. The standard InChI is InChI=1S/C29H29ClN4O7/c1-3-40-29(38)20-9-11-21(12-10-20)32-28(37)18-41-24-13-8-19(16-25(24)39-2)17-31-34-27(36)15-14-26(35)33-23-7-5-4-6-22(23)30/h4-13,16-17H,3,14-15,18H2,1-2H3,(H,32,37)(H,33,35)(H,34,36). The highest BCUT2D eigenvalue weighted by Crippen LogP contribution is 2.27. The number of carbonyl (C=O) groups excluding carboxylic acids is 4. The fourth-order valence-electron chi connectivity index (χ4n) is 3.37. The van der Waals surface area contributed by atoms with E-state index >= 15 is 0 Å². The van der Waals surface area contributed by atoms with Crippen LogP contribution in [0, 0.1) is 0 Å². The zero-order chi connectivity index (χ0) is 29.6. The van der Waals surface area contributed by atoms with Gasteiger partial charge < -0.3 is 24.8 Å². The van der Waals surface area contributed by atoms with E-state index < -0.39 is 17.8 Å². The van der Waals surface area contributed by atoms with Crippen LogP contribution in [-0.4, -0.2) is 50.2 Å². The van der Waals surface area contributed by atoms with Gasteiger partial charge in [0.05, 0.1) is 36.2 Å². The fourth-order valence-corrected chi connectivity index (χ4v) is 3.55. The summed E-state index contributed by atoms with van der Waals surface area (Å²) < 4.78 is 15.9. The van der Waals surface area contributed by atoms with Crippen LogP contribution in [0.5, 0.6) is 11.5 Å². The summed E-state index contributed by atoms with van der Waals surface area (Å²) in [5, 5.41) is 9.64. The molecule has 0 unspecified atom stereocenters. The van der Waals surface area contributed by atoms with Gasteiger partial charge >= 0.3 is 5.97 Å². The van der Waals surface area contributed by atoms with Gasteiger partial charge in [0.15, 0.2) is 18.1 Å². The first-order chi connectivity index (χ1) is 19.8. The molecule has 0 aliphatic rings. The fraction of sp³-hybridized carbons (Fsp3) is 0.207. The number of nitrogens with one attached hydrogen (secondary N) is 3. The van der Waals surface area contributed by atoms with Crippen molar-refractivity contribution in [1.29, 1.82) is 0 Å². The van der Waals surface area contributed by atoms with Crippen molar-refractivity contribution in [3.8, 4) is 11.5 Å². The van der Waals surface area contributed by atoms with E-state index in [4.69, 9.17) is 25.8 Å². The average Bonchev–Trinajstić information content (AvgIpc) is 2.97. The lowest BCUT2D eigenvalue weighted by Crippen LogP contribution is -2.21. The molecule has 0 aliphatic carbocycles. The zero-order valence-electron chi connectivity index (χ0n) is 22.4. The van der Waals surface area contributed by atoms with Gasteiger partial charge in [-0.25, -0.2) is 10.2 Å². The van der Waals surface area contributed by atoms with E-state index in [1.807, 2.05) is 0 Å². The smallest absolute Gasteiger partial charge is 0.338 e. The Morgan fingerprint density at radius 3 is 2.32 bits per heavy atom. The van der Waals surface area contributed by atoms with Crippen molar-refractivity contribution >= 4 is 52.9 Å². The predicted molar refractivity (Wildman–Crippen MR) is 155 cm³/mol. The minimum Gasteiger partial charge on any atom is -0.493 e. The van der Waals surface area contributed by atoms with Crippen LogP contribution in [-0.2, 0) is 19.1 Å². The van der Waals surface area contributed by atoms with E-state index in [2.05, 4.69) is 21.2 Å². The number of anilines is 2. The number of hydrogen-bond donors (Lipinski definition) is 3. The lowest BCUT2D eigenvalue weighted by atomic mass is 10.2. The normalized spacial score (nSPS) is 10.5. The molecule has 0 aliphatic heterocycles. The van der Waals surface area contributed by atoms with E-state index in [1.165, 1.54) is 13.3 Å². The molecule has 41 heavy (non-hydrogen) atoms. The molecule has 0 bridgehead atoms. The number of hydrogen-bond acceptors (Lipinski definition) is 8. The lowest BCUT2D eigenvalue weighted by molar-refractivity contribution is -0.124. The van der Waals surface area contributed by atoms with Crippen molar-refractivity contribution in [2.24, 2.45) is 5.10 Å². The van der Waals surface area contributed by atoms with Crippen LogP contribution in [0.3, 0.4) is 0 Å². The molecule has 0 spiro atoms. The molecule has 214 valence electrons. The quantitative estimate of drug-likeness (QED) is 0.154. The number of carbonyl (C=O) groups is 4. The first kappa shape index (κ1) is 30.6. The van der Waals surface area contributed by atoms with E-state index in [0.29, 0.717) is 39.0 Å². The van der Waals surface area contributed by atoms with Crippen molar-refractivity contribution in [3.63, 3.8) is 0 Å². The van der Waals surface area contributed by atoms with Crippen LogP contribution in [0.25, 0.3) is 0 Å². The minimum atomic E-state index is -0.441. The molecular formula is C29H29ClN4O7. The van der Waals surface area contributed by atoms with Gasteiger partial charge in [-0.05, 0) is 67.1 Å². The number of methoxy groups -OCH3 is 1. The number of esters is 1. The maximum Gasteiger partial charge on any atom is 0.338 e. The van der Waals surface area contributed by atoms with Gasteiger partial charge in [0.2, 0.25) is 11.8 Å². The van der Waals surface area contributed by atoms with Crippen LogP contribution in [0.2, 0.25) is 5.02 Å². The zero-order valence-corrected chi connectivity index (χ0v) is 23.2. The summed E-state index contributed by atoms with van der Waals surface area (Å²) in [6.07, 6.45) is 1.29. The van der Waals surface area contributed by atoms with Gasteiger partial charge in [0.25, 0.3) is 5.91 Å². The van der Waals surface area contributed by atoms with E-state index in [-0.39, 0.29) is 32.0 Å². The molecule has 0 aromatic heterocycles. The Hall–Kier alpha value is -4.90. The number of ether oxygens (including phenoxy) is 3. The largest absolute Gasteiger partial charge is 0.493 e. The monoisotopic (exact) mass is 580 g/mol. The Morgan fingerprint density at radius 2 is 1.61 bits per heavy atom. The van der Waals surface area contributed by atoms with Crippen molar-refractivity contribution in [2.45, 2.75) is 19.8 Å². The van der Waals surface area contributed by atoms with Gasteiger partial charge in [-0.15, -0.1) is 0 Å². The highest BCUT2D eigenvalue weighted by atomic mass is 35.5. The number of benzene rings is 3. The van der Waals surface area contributed by atoms with E-state index in [0.717, 1.165) is 0 Å². The number of nitrogens with zero attached hydrogens (tertiary/aromatic N) is 1. The minimum absolute atomic E-state index is 0.0427. The summed E-state index contributed by atoms with van der Waals surface area (Å²) >= 11 is 6.01. The van der Waals surface area contributed by atoms with Crippen LogP contribution in [0.15, 0.2) is 71.8 Å². The summed E-state index contributed by atoms with van der Waals surface area (Å²) in [5.74, 6) is -0.965. The molecule has 0 radical (unpaired) electrons. The molecule has 3 aromatic rings. The SMILES string of the molecule is CCOC(=O)c1ccc(NC(=O)COc2ccc(C=NNC(=O)CCC(=O)Nc3ccccc3Cl)cc2OC)cc1. The summed E-state index contributed by atoms with van der Waals surface area (Å²) in [5.41, 5.74) is 4.31. The van der Waals surface area contributed by atoms with Gasteiger partial charge in [-0.2, -0.15) is 5.10 Å². The highest BCUT2D eigenvalue weighted by Gasteiger charge is 2.11. The van der Waals surface area contributed by atoms with Crippen LogP contribution < -0.4 is 25.5 Å². The van der Waals surface area contributed by atoms with Gasteiger partial charge in [-0.3, -0.25) is 14.4 Å². The summed E-state index contributed by atoms with van der Waals surface area (Å²) in [7, 11) is 1.45. The molecule has 0 saturated heterocycles. The summed E-state index contributed by atoms with van der Waals surface area (Å²) in [6.45, 7) is 1.71. The lowest BCUT2D eigenvalue weighted by Gasteiger charge is -2.11. The summed E-state index contributed by atoms with van der Waals surface area (Å²) in [4.78, 5) is 48.2. The molecule has 0 atom stereocenters. The number of para-hydroxylation sites is 1. The van der Waals surface area contributed by atoms with Crippen LogP contribution in [0.1, 0.15) is 35.7 Å². The predicted octanol–water partition coefficient (Wildman–Crippen LogP) is 4.41. The van der Waals surface area contributed by atoms with Gasteiger partial charge in [-0.1, -0.05) is 23.7 Å². The molecule has 3 N–H and O–H groups in total. The van der Waals surface area contributed by atoms with Crippen LogP contribution in [0.4, 0.5) is 11.4 Å². The number of rotatable bonds is 13. The average molecular weight is 581 g/mol. The third-order valence-corrected chi connectivity index (χ3v) is 5.69. The number of amides is 3. The Kier molecular flexibility index (Phi) is 11.7. The van der Waals surface area contributed by atoms with Gasteiger partial charge in [0.1, 0.15) is 0 Å². The van der Waals surface area contributed by atoms with Crippen molar-refractivity contribution in [1.82, 2.24) is 5.43 Å². The molecule has 3 aromatic carbocycles. The number of halogens is 1. The second-order valence-corrected chi connectivity index (χ2v) is 8.77. The van der Waals surface area contributed by atoms with Crippen molar-refractivity contribution in [2.75, 3.05) is 31.0 Å². The summed E-state index contributed by atoms with van der Waals surface area (Å²) in [6, 6.07) is 18.0. The molecule has 0 fully saturated rings. The third kappa shape index (κ3) is 9.97. The van der Waals surface area contributed by atoms with E-state index in [1.54, 1.807) is 73.7 Å². The van der Waals surface area contributed by atoms with Crippen molar-refractivity contribution in [3.05, 3.63) is 82.9 Å². The maximum absolute atomic E-state index is 12.3. The molecular weight excluding hydrogens is 552 g/mol.